The largest absolute Gasteiger partial charge is 0.493 e. The minimum Gasteiger partial charge on any atom is -0.493 e. The molecule has 2 aromatic carbocycles. The van der Waals surface area contributed by atoms with E-state index in [9.17, 15) is 10.1 Å². The number of aliphatic imine (C=N–C) groups is 1. The Morgan fingerprint density at radius 3 is 2.41 bits per heavy atom. The number of ether oxygens (including phenoxy) is 2. The first kappa shape index (κ1) is 22.6. The fourth-order valence-electron chi connectivity index (χ4n) is 4.64. The van der Waals surface area contributed by atoms with E-state index in [1.165, 1.54) is 0 Å². The Balaban J connectivity index is 1.83. The van der Waals surface area contributed by atoms with Gasteiger partial charge in [-0.3, -0.25) is 9.79 Å². The first-order chi connectivity index (χ1) is 15.4. The lowest BCUT2D eigenvalue weighted by molar-refractivity contribution is -0.116. The number of ketones is 1. The maximum absolute atomic E-state index is 13.5. The lowest BCUT2D eigenvalue weighted by atomic mass is 9.69. The van der Waals surface area contributed by atoms with Gasteiger partial charge < -0.3 is 9.47 Å². The van der Waals surface area contributed by atoms with Crippen molar-refractivity contribution in [3.8, 4) is 17.6 Å². The maximum atomic E-state index is 13.5. The van der Waals surface area contributed by atoms with Gasteiger partial charge >= 0.3 is 0 Å². The highest BCUT2D eigenvalue weighted by Crippen LogP contribution is 2.49. The van der Waals surface area contributed by atoms with Crippen LogP contribution in [0.15, 0.2) is 57.1 Å². The van der Waals surface area contributed by atoms with Crippen LogP contribution in [0.4, 0.5) is 0 Å². The number of benzene rings is 2. The molecule has 3 atom stereocenters. The van der Waals surface area contributed by atoms with E-state index in [0.717, 1.165) is 21.3 Å². The zero-order chi connectivity index (χ0) is 23.0. The normalized spacial score (nSPS) is 22.7. The van der Waals surface area contributed by atoms with Crippen molar-refractivity contribution in [1.29, 1.82) is 5.26 Å². The summed E-state index contributed by atoms with van der Waals surface area (Å²) >= 11 is 9.66. The molecule has 0 bridgehead atoms. The summed E-state index contributed by atoms with van der Waals surface area (Å²) in [5.41, 5.74) is 3.97. The average molecular weight is 514 g/mol. The summed E-state index contributed by atoms with van der Waals surface area (Å²) in [6, 6.07) is 13.6. The number of carbonyl (C=O) groups excluding carboxylic acids is 1. The van der Waals surface area contributed by atoms with Gasteiger partial charge in [-0.2, -0.15) is 5.26 Å². The molecule has 0 fully saturated rings. The first-order valence-electron chi connectivity index (χ1n) is 10.3. The predicted octanol–water partition coefficient (Wildman–Crippen LogP) is 6.22. The van der Waals surface area contributed by atoms with E-state index in [1.807, 2.05) is 43.3 Å². The summed E-state index contributed by atoms with van der Waals surface area (Å²) in [5.74, 6) is 0.203. The topological polar surface area (TPSA) is 71.7 Å². The standard InChI is InChI=1S/C25H22BrClN2O3/c1-13-18(12-28)24(17-10-22(31-2)23(32-3)11-19(17)26)25-20(29-13)8-15(9-21(25)30)14-4-6-16(27)7-5-14/h4-7,10-11,15,18,24H,8-9H2,1-3H3. The van der Waals surface area contributed by atoms with E-state index in [4.69, 9.17) is 26.1 Å². The van der Waals surface area contributed by atoms with Crippen LogP contribution in [0.3, 0.4) is 0 Å². The highest BCUT2D eigenvalue weighted by molar-refractivity contribution is 9.10. The molecule has 0 radical (unpaired) electrons. The van der Waals surface area contributed by atoms with Gasteiger partial charge in [0.05, 0.1) is 26.2 Å². The first-order valence-corrected chi connectivity index (χ1v) is 11.4. The third-order valence-electron chi connectivity index (χ3n) is 6.21. The van der Waals surface area contributed by atoms with Crippen LogP contribution in [0.25, 0.3) is 0 Å². The van der Waals surface area contributed by atoms with Crippen LogP contribution >= 0.6 is 27.5 Å². The molecule has 1 aliphatic heterocycles. The van der Waals surface area contributed by atoms with Gasteiger partial charge in [-0.1, -0.05) is 39.7 Å². The van der Waals surface area contributed by atoms with Gasteiger partial charge in [0.15, 0.2) is 17.3 Å². The molecule has 4 rings (SSSR count). The van der Waals surface area contributed by atoms with Crippen LogP contribution in [-0.2, 0) is 4.79 Å². The van der Waals surface area contributed by atoms with Crippen molar-refractivity contribution >= 4 is 39.0 Å². The zero-order valence-corrected chi connectivity index (χ0v) is 20.3. The van der Waals surface area contributed by atoms with E-state index in [2.05, 4.69) is 22.0 Å². The van der Waals surface area contributed by atoms with Crippen molar-refractivity contribution in [1.82, 2.24) is 0 Å². The van der Waals surface area contributed by atoms with Crippen molar-refractivity contribution in [3.63, 3.8) is 0 Å². The van der Waals surface area contributed by atoms with Crippen LogP contribution in [-0.4, -0.2) is 25.7 Å². The highest BCUT2D eigenvalue weighted by atomic mass is 79.9. The van der Waals surface area contributed by atoms with Crippen LogP contribution in [0.1, 0.15) is 42.7 Å². The van der Waals surface area contributed by atoms with Crippen LogP contribution in [0.5, 0.6) is 11.5 Å². The minimum absolute atomic E-state index is 0.0226. The molecule has 3 unspecified atom stereocenters. The Morgan fingerprint density at radius 2 is 1.78 bits per heavy atom. The van der Waals surface area contributed by atoms with E-state index < -0.39 is 11.8 Å². The van der Waals surface area contributed by atoms with Crippen molar-refractivity contribution in [2.45, 2.75) is 31.6 Å². The third kappa shape index (κ3) is 3.96. The van der Waals surface area contributed by atoms with Gasteiger partial charge in [-0.25, -0.2) is 0 Å². The number of Topliss-reactive ketones (excluding diaryl/α,β-unsaturated/α-hetero) is 1. The Hall–Kier alpha value is -2.62. The average Bonchev–Trinajstić information content (AvgIpc) is 2.78. The van der Waals surface area contributed by atoms with E-state index in [0.29, 0.717) is 40.6 Å². The number of halogens is 2. The molecule has 7 heteroatoms. The van der Waals surface area contributed by atoms with Gasteiger partial charge in [-0.15, -0.1) is 0 Å². The molecule has 5 nitrogen and oxygen atoms in total. The van der Waals surface area contributed by atoms with Gasteiger partial charge in [0.2, 0.25) is 0 Å². The monoisotopic (exact) mass is 512 g/mol. The summed E-state index contributed by atoms with van der Waals surface area (Å²) < 4.78 is 11.7. The number of nitrogens with zero attached hydrogens (tertiary/aromatic N) is 2. The number of rotatable bonds is 4. The summed E-state index contributed by atoms with van der Waals surface area (Å²) in [7, 11) is 3.14. The second-order valence-corrected chi connectivity index (χ2v) is 9.30. The number of nitriles is 1. The molecule has 1 aliphatic carbocycles. The van der Waals surface area contributed by atoms with E-state index >= 15 is 0 Å². The quantitative estimate of drug-likeness (QED) is 0.487. The fraction of sp³-hybridized carbons (Fsp3) is 0.320. The highest BCUT2D eigenvalue weighted by Gasteiger charge is 2.42. The Labute approximate surface area is 200 Å². The number of allylic oxidation sites excluding steroid dienone is 2. The second-order valence-electron chi connectivity index (χ2n) is 8.01. The Kier molecular flexibility index (Phi) is 6.41. The minimum atomic E-state index is -0.542. The van der Waals surface area contributed by atoms with Crippen LogP contribution in [0.2, 0.25) is 5.02 Å². The molecule has 0 amide bonds. The molecule has 0 N–H and O–H groups in total. The van der Waals surface area contributed by atoms with Crippen molar-refractivity contribution in [2.24, 2.45) is 10.9 Å². The summed E-state index contributed by atoms with van der Waals surface area (Å²) in [6.07, 6.45) is 1.01. The molecule has 2 aliphatic rings. The van der Waals surface area contributed by atoms with Crippen molar-refractivity contribution in [2.75, 3.05) is 14.2 Å². The van der Waals surface area contributed by atoms with Gasteiger partial charge in [0.25, 0.3) is 0 Å². The maximum Gasteiger partial charge on any atom is 0.161 e. The molecule has 2 aromatic rings. The summed E-state index contributed by atoms with van der Waals surface area (Å²) in [4.78, 5) is 18.2. The molecule has 0 aromatic heterocycles. The van der Waals surface area contributed by atoms with Gasteiger partial charge in [0.1, 0.15) is 0 Å². The Bertz CT molecular complexity index is 1180. The van der Waals surface area contributed by atoms with E-state index in [1.54, 1.807) is 14.2 Å². The van der Waals surface area contributed by atoms with Crippen molar-refractivity contribution in [3.05, 3.63) is 68.3 Å². The van der Waals surface area contributed by atoms with E-state index in [-0.39, 0.29) is 11.7 Å². The number of methoxy groups -OCH3 is 2. The summed E-state index contributed by atoms with van der Waals surface area (Å²) in [5, 5.41) is 10.7. The van der Waals surface area contributed by atoms with Crippen LogP contribution < -0.4 is 9.47 Å². The molecule has 164 valence electrons. The lowest BCUT2D eigenvalue weighted by Gasteiger charge is -2.35. The molecular weight excluding hydrogens is 492 g/mol. The second kappa shape index (κ2) is 9.09. The number of hydrogen-bond donors (Lipinski definition) is 0. The van der Waals surface area contributed by atoms with Gasteiger partial charge in [-0.05, 0) is 54.7 Å². The Morgan fingerprint density at radius 1 is 1.12 bits per heavy atom. The van der Waals surface area contributed by atoms with Crippen LogP contribution in [0, 0.1) is 17.2 Å². The number of hydrogen-bond acceptors (Lipinski definition) is 5. The number of carbonyl (C=O) groups is 1. The molecule has 1 heterocycles. The molecule has 0 spiro atoms. The molecular formula is C25H22BrClN2O3. The summed E-state index contributed by atoms with van der Waals surface area (Å²) in [6.45, 7) is 1.86. The zero-order valence-electron chi connectivity index (χ0n) is 18.0. The predicted molar refractivity (Wildman–Crippen MR) is 128 cm³/mol. The molecule has 0 saturated carbocycles. The SMILES string of the molecule is COc1cc(Br)c(C2C3=C(CC(c4ccc(Cl)cc4)CC3=O)N=C(C)C2C#N)cc1OC. The third-order valence-corrected chi connectivity index (χ3v) is 7.15. The molecule has 32 heavy (non-hydrogen) atoms. The molecule has 0 saturated heterocycles. The lowest BCUT2D eigenvalue weighted by Crippen LogP contribution is -2.32. The van der Waals surface area contributed by atoms with Gasteiger partial charge in [0, 0.05) is 38.8 Å². The fourth-order valence-corrected chi connectivity index (χ4v) is 5.34. The van der Waals surface area contributed by atoms with Crippen molar-refractivity contribution < 1.29 is 14.3 Å². The smallest absolute Gasteiger partial charge is 0.161 e.